The van der Waals surface area contributed by atoms with Gasteiger partial charge < -0.3 is 5.32 Å². The molecular weight excluding hydrogens is 348 g/mol. The first-order valence-corrected chi connectivity index (χ1v) is 8.95. The summed E-state index contributed by atoms with van der Waals surface area (Å²) < 4.78 is 0. The summed E-state index contributed by atoms with van der Waals surface area (Å²) in [6, 6.07) is 21.8. The number of aryl methyl sites for hydroxylation is 2. The van der Waals surface area contributed by atoms with Gasteiger partial charge in [0, 0.05) is 11.3 Å². The SMILES string of the molecule is Cc1cc(-c2ccccc2)ccc1/C=C/c1c(C)cccc1NC(=O)NN=N. The Kier molecular flexibility index (Phi) is 5.97. The van der Waals surface area contributed by atoms with Crippen LogP contribution in [0.4, 0.5) is 10.5 Å². The van der Waals surface area contributed by atoms with Gasteiger partial charge in [-0.2, -0.15) is 5.53 Å². The molecule has 0 aliphatic heterocycles. The highest BCUT2D eigenvalue weighted by Gasteiger charge is 2.07. The highest BCUT2D eigenvalue weighted by Crippen LogP contribution is 2.25. The highest BCUT2D eigenvalue weighted by molar-refractivity contribution is 5.93. The summed E-state index contributed by atoms with van der Waals surface area (Å²) in [5.74, 6) is 0. The van der Waals surface area contributed by atoms with Gasteiger partial charge in [0.05, 0.1) is 0 Å². The summed E-state index contributed by atoms with van der Waals surface area (Å²) in [5, 5.41) is 5.61. The molecule has 3 aromatic rings. The fraction of sp³-hybridized carbons (Fsp3) is 0.0870. The number of hydrogen-bond donors (Lipinski definition) is 3. The van der Waals surface area contributed by atoms with Crippen LogP contribution in [-0.2, 0) is 0 Å². The van der Waals surface area contributed by atoms with Gasteiger partial charge in [-0.3, -0.25) is 0 Å². The maximum absolute atomic E-state index is 11.7. The zero-order chi connectivity index (χ0) is 19.9. The average molecular weight is 370 g/mol. The van der Waals surface area contributed by atoms with Crippen molar-refractivity contribution in [3.63, 3.8) is 0 Å². The number of carbonyl (C=O) groups is 1. The number of benzene rings is 3. The second-order valence-electron chi connectivity index (χ2n) is 6.48. The van der Waals surface area contributed by atoms with Gasteiger partial charge in [-0.15, -0.1) is 0 Å². The fourth-order valence-corrected chi connectivity index (χ4v) is 3.06. The van der Waals surface area contributed by atoms with Gasteiger partial charge in [-0.05, 0) is 47.7 Å². The van der Waals surface area contributed by atoms with Gasteiger partial charge in [0.2, 0.25) is 0 Å². The van der Waals surface area contributed by atoms with Crippen LogP contribution in [0.15, 0.2) is 72.0 Å². The molecule has 140 valence electrons. The number of anilines is 1. The topological polar surface area (TPSA) is 77.3 Å². The van der Waals surface area contributed by atoms with Crippen molar-refractivity contribution in [3.8, 4) is 11.1 Å². The molecule has 3 N–H and O–H groups in total. The number of rotatable bonds is 5. The molecule has 0 atom stereocenters. The molecule has 0 bridgehead atoms. The van der Waals surface area contributed by atoms with Crippen molar-refractivity contribution in [1.29, 1.82) is 5.53 Å². The van der Waals surface area contributed by atoms with Gasteiger partial charge >= 0.3 is 6.03 Å². The van der Waals surface area contributed by atoms with E-state index in [1.807, 2.05) is 55.5 Å². The Balaban J connectivity index is 1.88. The van der Waals surface area contributed by atoms with Crippen molar-refractivity contribution in [3.05, 3.63) is 89.0 Å². The quantitative estimate of drug-likeness (QED) is 0.279. The molecule has 0 spiro atoms. The lowest BCUT2D eigenvalue weighted by Gasteiger charge is -2.11. The second kappa shape index (κ2) is 8.77. The summed E-state index contributed by atoms with van der Waals surface area (Å²) in [6.07, 6.45) is 4.04. The van der Waals surface area contributed by atoms with Crippen molar-refractivity contribution >= 4 is 23.9 Å². The van der Waals surface area contributed by atoms with Crippen molar-refractivity contribution in [2.75, 3.05) is 5.32 Å². The summed E-state index contributed by atoms with van der Waals surface area (Å²) in [5.41, 5.74) is 16.1. The van der Waals surface area contributed by atoms with E-state index in [1.54, 1.807) is 0 Å². The Labute approximate surface area is 164 Å². The van der Waals surface area contributed by atoms with Crippen LogP contribution in [0, 0.1) is 19.4 Å². The van der Waals surface area contributed by atoms with Crippen LogP contribution < -0.4 is 10.7 Å². The number of amides is 2. The van der Waals surface area contributed by atoms with Gasteiger partial charge in [-0.1, -0.05) is 78.0 Å². The van der Waals surface area contributed by atoms with E-state index in [1.165, 1.54) is 16.7 Å². The van der Waals surface area contributed by atoms with Crippen molar-refractivity contribution in [1.82, 2.24) is 5.43 Å². The lowest BCUT2D eigenvalue weighted by Crippen LogP contribution is -2.23. The molecule has 0 aliphatic rings. The molecule has 0 heterocycles. The van der Waals surface area contributed by atoms with Crippen LogP contribution in [0.2, 0.25) is 0 Å². The molecule has 3 rings (SSSR count). The monoisotopic (exact) mass is 370 g/mol. The predicted octanol–water partition coefficient (Wildman–Crippen LogP) is 6.21. The molecule has 0 saturated heterocycles. The Hall–Kier alpha value is -3.73. The van der Waals surface area contributed by atoms with E-state index in [0.29, 0.717) is 5.69 Å². The Morgan fingerprint density at radius 1 is 0.893 bits per heavy atom. The highest BCUT2D eigenvalue weighted by atomic mass is 16.2. The lowest BCUT2D eigenvalue weighted by molar-refractivity contribution is 0.251. The van der Waals surface area contributed by atoms with E-state index in [0.717, 1.165) is 16.7 Å². The van der Waals surface area contributed by atoms with E-state index >= 15 is 0 Å². The summed E-state index contributed by atoms with van der Waals surface area (Å²) in [6.45, 7) is 4.08. The standard InChI is InChI=1S/C23H22N4O/c1-16-7-6-10-22(25-23(28)26-27-24)21(16)14-13-18-11-12-20(15-17(18)2)19-8-4-3-5-9-19/h3-15H,1-2H3,(H3,24,25,26,28)/b14-13+. The third-order valence-electron chi connectivity index (χ3n) is 4.54. The molecule has 0 aliphatic carbocycles. The minimum Gasteiger partial charge on any atom is -0.306 e. The van der Waals surface area contributed by atoms with Crippen LogP contribution in [-0.4, -0.2) is 6.03 Å². The number of nitrogens with zero attached hydrogens (tertiary/aromatic N) is 1. The Bertz CT molecular complexity index is 1030. The predicted molar refractivity (Wildman–Crippen MR) is 114 cm³/mol. The second-order valence-corrected chi connectivity index (χ2v) is 6.48. The smallest absolute Gasteiger partial charge is 0.306 e. The number of hydrogen-bond acceptors (Lipinski definition) is 3. The largest absolute Gasteiger partial charge is 0.341 e. The number of carbonyl (C=O) groups excluding carboxylic acids is 1. The van der Waals surface area contributed by atoms with Crippen LogP contribution in [0.3, 0.4) is 0 Å². The van der Waals surface area contributed by atoms with Gasteiger partial charge in [0.15, 0.2) is 0 Å². The average Bonchev–Trinajstić information content (AvgIpc) is 2.69. The molecule has 3 aromatic carbocycles. The van der Waals surface area contributed by atoms with Crippen LogP contribution in [0.25, 0.3) is 23.3 Å². The number of urea groups is 1. The van der Waals surface area contributed by atoms with Crippen molar-refractivity contribution < 1.29 is 4.79 Å². The van der Waals surface area contributed by atoms with E-state index < -0.39 is 6.03 Å². The Morgan fingerprint density at radius 2 is 1.68 bits per heavy atom. The molecule has 0 radical (unpaired) electrons. The normalized spacial score (nSPS) is 10.6. The maximum atomic E-state index is 11.7. The fourth-order valence-electron chi connectivity index (χ4n) is 3.06. The van der Waals surface area contributed by atoms with E-state index in [4.69, 9.17) is 5.53 Å². The minimum atomic E-state index is -0.543. The van der Waals surface area contributed by atoms with Crippen molar-refractivity contribution in [2.24, 2.45) is 5.22 Å². The molecule has 0 aromatic heterocycles. The van der Waals surface area contributed by atoms with Crippen molar-refractivity contribution in [2.45, 2.75) is 13.8 Å². The molecule has 5 heteroatoms. The molecule has 5 nitrogen and oxygen atoms in total. The summed E-state index contributed by atoms with van der Waals surface area (Å²) >= 11 is 0. The van der Waals surface area contributed by atoms with Crippen LogP contribution >= 0.6 is 0 Å². The zero-order valence-corrected chi connectivity index (χ0v) is 15.9. The van der Waals surface area contributed by atoms with E-state index in [-0.39, 0.29) is 0 Å². The van der Waals surface area contributed by atoms with Gasteiger partial charge in [0.1, 0.15) is 0 Å². The van der Waals surface area contributed by atoms with Crippen LogP contribution in [0.1, 0.15) is 22.3 Å². The van der Waals surface area contributed by atoms with E-state index in [2.05, 4.69) is 53.2 Å². The number of nitrogens with one attached hydrogen (secondary N) is 3. The first-order valence-electron chi connectivity index (χ1n) is 8.95. The molecule has 0 saturated carbocycles. The molecule has 0 fully saturated rings. The first-order chi connectivity index (χ1) is 13.6. The maximum Gasteiger partial charge on any atom is 0.341 e. The molecule has 0 unspecified atom stereocenters. The van der Waals surface area contributed by atoms with Crippen LogP contribution in [0.5, 0.6) is 0 Å². The first kappa shape index (κ1) is 19.0. The molecule has 2 amide bonds. The molecule has 28 heavy (non-hydrogen) atoms. The lowest BCUT2D eigenvalue weighted by atomic mass is 9.98. The summed E-state index contributed by atoms with van der Waals surface area (Å²) in [7, 11) is 0. The van der Waals surface area contributed by atoms with Gasteiger partial charge in [0.25, 0.3) is 0 Å². The third-order valence-corrected chi connectivity index (χ3v) is 4.54. The Morgan fingerprint density at radius 3 is 2.39 bits per heavy atom. The van der Waals surface area contributed by atoms with Gasteiger partial charge in [-0.25, -0.2) is 10.2 Å². The summed E-state index contributed by atoms with van der Waals surface area (Å²) in [4.78, 5) is 11.7. The third kappa shape index (κ3) is 4.51. The zero-order valence-electron chi connectivity index (χ0n) is 15.9. The minimum absolute atomic E-state index is 0.543. The molecular formula is C23H22N4O. The van der Waals surface area contributed by atoms with E-state index in [9.17, 15) is 4.79 Å².